The molecule has 0 bridgehead atoms. The second-order valence-electron chi connectivity index (χ2n) is 5.83. The minimum absolute atomic E-state index is 0. The SMILES string of the molecule is Oc1ccccc1O.[O-]c1ccccc1[O-].[O-]c1ccccc1[O-].[O-]c1ccccc1[O-].[Sb+3].[Sb+3]. The summed E-state index contributed by atoms with van der Waals surface area (Å²) in [4.78, 5) is 0. The number of hydrogen-bond acceptors (Lipinski definition) is 8. The minimum atomic E-state index is -0.437. The predicted molar refractivity (Wildman–Crippen MR) is 117 cm³/mol. The largest absolute Gasteiger partial charge is 3.00 e. The molecule has 0 atom stereocenters. The predicted octanol–water partition coefficient (Wildman–Crippen LogP) is -0.162. The zero-order valence-corrected chi connectivity index (χ0v) is 22.6. The van der Waals surface area contributed by atoms with E-state index in [0.717, 1.165) is 0 Å². The second kappa shape index (κ2) is 18.4. The van der Waals surface area contributed by atoms with Crippen LogP contribution in [0.5, 0.6) is 46.0 Å². The number of phenolic OH excluding ortho intramolecular Hbond substituents is 2. The van der Waals surface area contributed by atoms with Crippen LogP contribution in [0.4, 0.5) is 0 Å². The first-order valence-electron chi connectivity index (χ1n) is 8.98. The van der Waals surface area contributed by atoms with Crippen LogP contribution in [0.3, 0.4) is 0 Å². The molecule has 172 valence electrons. The van der Waals surface area contributed by atoms with Crippen LogP contribution in [0, 0.1) is 0 Å². The van der Waals surface area contributed by atoms with E-state index in [1.807, 2.05) is 0 Å². The van der Waals surface area contributed by atoms with Crippen molar-refractivity contribution in [3.05, 3.63) is 97.1 Å². The van der Waals surface area contributed by atoms with E-state index in [2.05, 4.69) is 0 Å². The van der Waals surface area contributed by atoms with Gasteiger partial charge in [0.25, 0.3) is 0 Å². The maximum absolute atomic E-state index is 10.3. The van der Waals surface area contributed by atoms with Gasteiger partial charge in [-0.15, -0.1) is 34.5 Å². The van der Waals surface area contributed by atoms with Crippen molar-refractivity contribution in [2.75, 3.05) is 0 Å². The zero-order chi connectivity index (χ0) is 23.9. The standard InChI is InChI=1S/4C6H6O2.2Sb/c4*7-5-3-1-2-4-6(5)8;;/h4*1-4,7-8H;;/q;;;;2*+3/p-6. The number of hydrogen-bond donors (Lipinski definition) is 2. The van der Waals surface area contributed by atoms with Crippen molar-refractivity contribution in [1.29, 1.82) is 0 Å². The number of aromatic hydroxyl groups is 2. The van der Waals surface area contributed by atoms with Gasteiger partial charge in [-0.1, -0.05) is 84.9 Å². The van der Waals surface area contributed by atoms with Crippen LogP contribution in [0.2, 0.25) is 0 Å². The Hall–Kier alpha value is -3.08. The molecule has 0 saturated carbocycles. The van der Waals surface area contributed by atoms with Gasteiger partial charge in [0.15, 0.2) is 11.5 Å². The van der Waals surface area contributed by atoms with Gasteiger partial charge >= 0.3 is 48.9 Å². The van der Waals surface area contributed by atoms with Crippen molar-refractivity contribution >= 4 is 48.9 Å². The molecule has 4 aromatic carbocycles. The maximum atomic E-state index is 10.3. The number of phenols is 2. The molecule has 0 spiro atoms. The van der Waals surface area contributed by atoms with Crippen LogP contribution in [0.1, 0.15) is 0 Å². The van der Waals surface area contributed by atoms with Crippen molar-refractivity contribution in [1.82, 2.24) is 0 Å². The summed E-state index contributed by atoms with van der Waals surface area (Å²) in [5.74, 6) is -2.78. The van der Waals surface area contributed by atoms with E-state index in [0.29, 0.717) is 0 Å². The van der Waals surface area contributed by atoms with Gasteiger partial charge in [0.1, 0.15) is 0 Å². The number of para-hydroxylation sites is 8. The van der Waals surface area contributed by atoms with Gasteiger partial charge in [-0.05, 0) is 12.1 Å². The summed E-state index contributed by atoms with van der Waals surface area (Å²) < 4.78 is 0. The minimum Gasteiger partial charge on any atom is -0.873 e. The van der Waals surface area contributed by atoms with E-state index in [1.165, 1.54) is 48.5 Å². The van der Waals surface area contributed by atoms with Crippen molar-refractivity contribution in [2.24, 2.45) is 0 Å². The fourth-order valence-corrected chi connectivity index (χ4v) is 1.81. The molecule has 4 rings (SSSR count). The third kappa shape index (κ3) is 13.5. The number of rotatable bonds is 0. The molecule has 0 saturated heterocycles. The molecule has 0 aromatic heterocycles. The Kier molecular flexibility index (Phi) is 17.9. The van der Waals surface area contributed by atoms with Crippen LogP contribution in [-0.4, -0.2) is 59.1 Å². The molecule has 10 heteroatoms. The third-order valence-corrected chi connectivity index (χ3v) is 3.43. The zero-order valence-electron chi connectivity index (χ0n) is 17.5. The van der Waals surface area contributed by atoms with Crippen molar-refractivity contribution in [3.63, 3.8) is 0 Å². The van der Waals surface area contributed by atoms with Crippen molar-refractivity contribution in [2.45, 2.75) is 0 Å². The molecule has 4 radical (unpaired) electrons. The molecule has 2 N–H and O–H groups in total. The van der Waals surface area contributed by atoms with Crippen LogP contribution < -0.4 is 30.6 Å². The van der Waals surface area contributed by atoms with E-state index >= 15 is 0 Å². The van der Waals surface area contributed by atoms with Gasteiger partial charge in [-0.3, -0.25) is 0 Å². The van der Waals surface area contributed by atoms with Crippen molar-refractivity contribution < 1.29 is 40.9 Å². The Morgan fingerprint density at radius 1 is 0.324 bits per heavy atom. The normalized spacial score (nSPS) is 8.47. The molecule has 0 heterocycles. The monoisotopic (exact) mass is 676 g/mol. The average Bonchev–Trinajstić information content (AvgIpc) is 2.78. The fraction of sp³-hybridized carbons (Fsp3) is 0. The van der Waals surface area contributed by atoms with E-state index in [-0.39, 0.29) is 60.4 Å². The topological polar surface area (TPSA) is 179 Å². The Labute approximate surface area is 231 Å². The molecule has 8 nitrogen and oxygen atoms in total. The molecule has 0 amide bonds. The van der Waals surface area contributed by atoms with Gasteiger partial charge in [0.05, 0.1) is 0 Å². The Morgan fingerprint density at radius 2 is 0.471 bits per heavy atom. The van der Waals surface area contributed by atoms with E-state index in [4.69, 9.17) is 10.2 Å². The summed E-state index contributed by atoms with van der Waals surface area (Å²) in [6.45, 7) is 0. The fourth-order valence-electron chi connectivity index (χ4n) is 1.81. The molecular weight excluding hydrogens is 660 g/mol. The average molecular weight is 678 g/mol. The van der Waals surface area contributed by atoms with E-state index in [1.54, 1.807) is 48.5 Å². The van der Waals surface area contributed by atoms with Crippen molar-refractivity contribution in [3.8, 4) is 46.0 Å². The Bertz CT molecular complexity index is 836. The second-order valence-corrected chi connectivity index (χ2v) is 5.83. The quantitative estimate of drug-likeness (QED) is 0.190. The van der Waals surface area contributed by atoms with Gasteiger partial charge < -0.3 is 40.9 Å². The summed E-state index contributed by atoms with van der Waals surface area (Å²) in [6, 6.07) is 22.9. The molecule has 0 aliphatic carbocycles. The van der Waals surface area contributed by atoms with Crippen LogP contribution in [0.15, 0.2) is 97.1 Å². The maximum Gasteiger partial charge on any atom is 3.00 e. The molecule has 34 heavy (non-hydrogen) atoms. The summed E-state index contributed by atoms with van der Waals surface area (Å²) in [7, 11) is 0. The van der Waals surface area contributed by atoms with Gasteiger partial charge in [0, 0.05) is 0 Å². The third-order valence-electron chi connectivity index (χ3n) is 3.43. The summed E-state index contributed by atoms with van der Waals surface area (Å²) in [5, 5.41) is 79.2. The summed E-state index contributed by atoms with van der Waals surface area (Å²) in [6.07, 6.45) is 0. The van der Waals surface area contributed by atoms with Gasteiger partial charge in [0.2, 0.25) is 0 Å². The van der Waals surface area contributed by atoms with E-state index in [9.17, 15) is 30.6 Å². The smallest absolute Gasteiger partial charge is 0.873 e. The summed E-state index contributed by atoms with van der Waals surface area (Å²) in [5.41, 5.74) is 0. The molecular formula is C24H18O8Sb2. The molecule has 0 fully saturated rings. The molecule has 0 aliphatic rings. The first-order valence-corrected chi connectivity index (χ1v) is 8.98. The first kappa shape index (κ1) is 33.1. The summed E-state index contributed by atoms with van der Waals surface area (Å²) >= 11 is 0. The molecule has 0 aliphatic heterocycles. The molecule has 4 aromatic rings. The van der Waals surface area contributed by atoms with Crippen LogP contribution >= 0.6 is 0 Å². The van der Waals surface area contributed by atoms with E-state index < -0.39 is 34.5 Å². The number of benzene rings is 4. The van der Waals surface area contributed by atoms with Gasteiger partial charge in [-0.2, -0.15) is 0 Å². The Balaban J connectivity index is 0. The van der Waals surface area contributed by atoms with Gasteiger partial charge in [-0.25, -0.2) is 0 Å². The first-order chi connectivity index (χ1) is 15.2. The van der Waals surface area contributed by atoms with Crippen LogP contribution in [-0.2, 0) is 0 Å². The van der Waals surface area contributed by atoms with Crippen LogP contribution in [0.25, 0.3) is 0 Å². The Morgan fingerprint density at radius 3 is 0.588 bits per heavy atom. The molecule has 0 unspecified atom stereocenters.